The van der Waals surface area contributed by atoms with Gasteiger partial charge in [0.15, 0.2) is 0 Å². The number of ether oxygens (including phenoxy) is 1. The minimum absolute atomic E-state index is 0.195. The maximum absolute atomic E-state index is 12.7. The Hall–Kier alpha value is -3.43. The zero-order valence-electron chi connectivity index (χ0n) is 22.3. The van der Waals surface area contributed by atoms with Crippen molar-refractivity contribution in [2.45, 2.75) is 64.3 Å². The Labute approximate surface area is 224 Å². The number of aryl methyl sites for hydroxylation is 1. The Morgan fingerprint density at radius 3 is 2.84 bits per heavy atom. The van der Waals surface area contributed by atoms with Crippen molar-refractivity contribution in [1.29, 1.82) is 0 Å². The molecule has 3 N–H and O–H groups in total. The lowest BCUT2D eigenvalue weighted by Gasteiger charge is -2.31. The number of aliphatic hydroxyl groups is 1. The number of nitrogens with zero attached hydrogens (tertiary/aromatic N) is 4. The quantitative estimate of drug-likeness (QED) is 0.379. The minimum atomic E-state index is -0.652. The first-order valence-electron chi connectivity index (χ1n) is 13.6. The summed E-state index contributed by atoms with van der Waals surface area (Å²) in [4.78, 5) is 19.3. The molecule has 1 aliphatic carbocycles. The topological polar surface area (TPSA) is 105 Å². The van der Waals surface area contributed by atoms with Gasteiger partial charge in [0.05, 0.1) is 11.8 Å². The molecule has 1 atom stereocenters. The van der Waals surface area contributed by atoms with Crippen LogP contribution in [-0.4, -0.2) is 62.5 Å². The molecule has 3 aromatic rings. The predicted octanol–water partition coefficient (Wildman–Crippen LogP) is 3.21. The van der Waals surface area contributed by atoms with Crippen molar-refractivity contribution in [2.24, 2.45) is 7.05 Å². The van der Waals surface area contributed by atoms with Crippen LogP contribution in [0.2, 0.25) is 0 Å². The number of hydrogen-bond acceptors (Lipinski definition) is 7. The lowest BCUT2D eigenvalue weighted by Crippen LogP contribution is -2.42. The van der Waals surface area contributed by atoms with Crippen molar-refractivity contribution in [2.75, 3.05) is 25.0 Å². The molecule has 9 heteroatoms. The number of hydrogen-bond donors (Lipinski definition) is 3. The molecule has 38 heavy (non-hydrogen) atoms. The fraction of sp³-hybridized carbons (Fsp3) is 0.483. The van der Waals surface area contributed by atoms with E-state index in [9.17, 15) is 9.90 Å². The summed E-state index contributed by atoms with van der Waals surface area (Å²) < 4.78 is 7.91. The molecule has 9 nitrogen and oxygen atoms in total. The Bertz CT molecular complexity index is 1250. The van der Waals surface area contributed by atoms with Gasteiger partial charge in [-0.25, -0.2) is 4.98 Å². The van der Waals surface area contributed by atoms with Crippen LogP contribution in [0.15, 0.2) is 42.7 Å². The molecule has 1 amide bonds. The van der Waals surface area contributed by atoms with Crippen LogP contribution in [0.3, 0.4) is 0 Å². The summed E-state index contributed by atoms with van der Waals surface area (Å²) >= 11 is 0. The number of benzene rings is 1. The highest BCUT2D eigenvalue weighted by Crippen LogP contribution is 2.30. The smallest absolute Gasteiger partial charge is 0.251 e. The summed E-state index contributed by atoms with van der Waals surface area (Å²) in [5.74, 6) is 1.44. The highest BCUT2D eigenvalue weighted by Gasteiger charge is 2.22. The highest BCUT2D eigenvalue weighted by atomic mass is 16.5. The number of rotatable bonds is 10. The molecule has 2 aliphatic rings. The second kappa shape index (κ2) is 12.0. The first-order valence-corrected chi connectivity index (χ1v) is 13.6. The number of aromatic nitrogens is 3. The molecule has 0 bridgehead atoms. The zero-order chi connectivity index (χ0) is 26.5. The van der Waals surface area contributed by atoms with Crippen LogP contribution in [-0.2, 0) is 26.6 Å². The first-order chi connectivity index (χ1) is 18.5. The number of amides is 1. The first kappa shape index (κ1) is 26.2. The number of β-amino-alcohol motifs (C(OH)–C–C–N with tert-alkyl or cyclic N) is 1. The Balaban J connectivity index is 1.10. The molecule has 0 saturated heterocycles. The third-order valence-electron chi connectivity index (χ3n) is 7.71. The summed E-state index contributed by atoms with van der Waals surface area (Å²) in [6.45, 7) is 4.93. The molecule has 2 aromatic heterocycles. The van der Waals surface area contributed by atoms with Gasteiger partial charge in [-0.3, -0.25) is 14.4 Å². The third kappa shape index (κ3) is 6.34. The van der Waals surface area contributed by atoms with Gasteiger partial charge in [0, 0.05) is 57.2 Å². The molecule has 1 aliphatic heterocycles. The molecule has 1 fully saturated rings. The van der Waals surface area contributed by atoms with Gasteiger partial charge in [0.1, 0.15) is 18.2 Å². The Morgan fingerprint density at radius 2 is 2.05 bits per heavy atom. The summed E-state index contributed by atoms with van der Waals surface area (Å²) in [5.41, 5.74) is 5.34. The fourth-order valence-corrected chi connectivity index (χ4v) is 5.49. The number of carbonyl (C=O) groups is 1. The van der Waals surface area contributed by atoms with Gasteiger partial charge in [0.25, 0.3) is 5.91 Å². The second-order valence-electron chi connectivity index (χ2n) is 10.5. The summed E-state index contributed by atoms with van der Waals surface area (Å²) in [6.07, 6.45) is 8.44. The van der Waals surface area contributed by atoms with Crippen LogP contribution in [0, 0.1) is 6.92 Å². The molecular formula is C29H38N6O3. The average molecular weight is 519 g/mol. The van der Waals surface area contributed by atoms with E-state index in [-0.39, 0.29) is 12.5 Å². The van der Waals surface area contributed by atoms with Crippen molar-refractivity contribution in [1.82, 2.24) is 25.0 Å². The van der Waals surface area contributed by atoms with Crippen LogP contribution in [0.5, 0.6) is 5.75 Å². The van der Waals surface area contributed by atoms with Crippen molar-refractivity contribution in [3.05, 3.63) is 70.7 Å². The van der Waals surface area contributed by atoms with Crippen LogP contribution >= 0.6 is 0 Å². The lowest BCUT2D eigenvalue weighted by atomic mass is 9.94. The van der Waals surface area contributed by atoms with Crippen molar-refractivity contribution >= 4 is 11.7 Å². The fourth-order valence-electron chi connectivity index (χ4n) is 5.49. The van der Waals surface area contributed by atoms with Gasteiger partial charge >= 0.3 is 0 Å². The largest absolute Gasteiger partial charge is 0.487 e. The van der Waals surface area contributed by atoms with E-state index < -0.39 is 6.10 Å². The summed E-state index contributed by atoms with van der Waals surface area (Å²) in [5, 5.41) is 21.2. The van der Waals surface area contributed by atoms with Gasteiger partial charge in [0.2, 0.25) is 0 Å². The van der Waals surface area contributed by atoms with E-state index in [1.807, 2.05) is 23.9 Å². The van der Waals surface area contributed by atoms with Gasteiger partial charge < -0.3 is 20.5 Å². The molecular weight excluding hydrogens is 480 g/mol. The van der Waals surface area contributed by atoms with E-state index in [1.54, 1.807) is 24.5 Å². The van der Waals surface area contributed by atoms with E-state index >= 15 is 0 Å². The summed E-state index contributed by atoms with van der Waals surface area (Å²) in [7, 11) is 1.91. The van der Waals surface area contributed by atoms with Crippen molar-refractivity contribution in [3.8, 4) is 5.75 Å². The van der Waals surface area contributed by atoms with E-state index in [2.05, 4.69) is 38.6 Å². The van der Waals surface area contributed by atoms with Crippen molar-refractivity contribution in [3.63, 3.8) is 0 Å². The maximum atomic E-state index is 12.7. The number of pyridine rings is 1. The highest BCUT2D eigenvalue weighted by molar-refractivity contribution is 5.94. The van der Waals surface area contributed by atoms with Crippen LogP contribution in [0.1, 0.15) is 58.4 Å². The molecule has 0 spiro atoms. The third-order valence-corrected chi connectivity index (χ3v) is 7.71. The van der Waals surface area contributed by atoms with Crippen LogP contribution < -0.4 is 15.4 Å². The molecule has 3 heterocycles. The number of nitrogens with one attached hydrogen (secondary N) is 2. The Morgan fingerprint density at radius 1 is 1.21 bits per heavy atom. The van der Waals surface area contributed by atoms with E-state index in [1.165, 1.54) is 29.5 Å². The SMILES string of the molecule is Cc1c(OCc2ccnn2C)ccc2c1CCN(C[C@@H](O)CNC(=O)c1ccnc(NC3CCCC3)c1)C2. The lowest BCUT2D eigenvalue weighted by molar-refractivity contribution is 0.0841. The number of aliphatic hydroxyl groups excluding tert-OH is 1. The minimum Gasteiger partial charge on any atom is -0.487 e. The van der Waals surface area contributed by atoms with Gasteiger partial charge in [-0.1, -0.05) is 18.9 Å². The molecule has 1 saturated carbocycles. The molecule has 0 unspecified atom stereocenters. The predicted molar refractivity (Wildman–Crippen MR) is 146 cm³/mol. The molecule has 1 aromatic carbocycles. The normalized spacial score (nSPS) is 16.7. The number of carbonyl (C=O) groups excluding carboxylic acids is 1. The molecule has 5 rings (SSSR count). The van der Waals surface area contributed by atoms with Crippen LogP contribution in [0.25, 0.3) is 0 Å². The maximum Gasteiger partial charge on any atom is 0.251 e. The van der Waals surface area contributed by atoms with Gasteiger partial charge in [-0.05, 0) is 67.1 Å². The van der Waals surface area contributed by atoms with E-state index in [0.717, 1.165) is 49.6 Å². The number of fused-ring (bicyclic) bond motifs is 1. The zero-order valence-corrected chi connectivity index (χ0v) is 22.3. The van der Waals surface area contributed by atoms with Gasteiger partial charge in [-0.15, -0.1) is 0 Å². The van der Waals surface area contributed by atoms with Crippen LogP contribution in [0.4, 0.5) is 5.82 Å². The summed E-state index contributed by atoms with van der Waals surface area (Å²) in [6, 6.07) is 10.1. The number of anilines is 1. The average Bonchev–Trinajstić information content (AvgIpc) is 3.58. The van der Waals surface area contributed by atoms with Gasteiger partial charge in [-0.2, -0.15) is 5.10 Å². The molecule has 202 valence electrons. The van der Waals surface area contributed by atoms with E-state index in [4.69, 9.17) is 4.74 Å². The van der Waals surface area contributed by atoms with E-state index in [0.29, 0.717) is 24.8 Å². The molecule has 0 radical (unpaired) electrons. The monoisotopic (exact) mass is 518 g/mol. The standard InChI is InChI=1S/C29H38N6O3/c1-20-26-11-14-35(17-22(26)7-8-27(20)38-19-24-10-13-32-34(24)2)18-25(36)16-31-29(37)21-9-12-30-28(15-21)33-23-5-3-4-6-23/h7-10,12-13,15,23,25,36H,3-6,11,14,16-19H2,1-2H3,(H,30,33)(H,31,37)/t25-/m0/s1. The Kier molecular flexibility index (Phi) is 8.24. The second-order valence-corrected chi connectivity index (χ2v) is 10.5. The van der Waals surface area contributed by atoms with Crippen molar-refractivity contribution < 1.29 is 14.6 Å².